The molecule has 2 unspecified atom stereocenters. The van der Waals surface area contributed by atoms with E-state index in [9.17, 15) is 4.79 Å². The van der Waals surface area contributed by atoms with Gasteiger partial charge in [-0.05, 0) is 50.6 Å². The van der Waals surface area contributed by atoms with Gasteiger partial charge in [-0.1, -0.05) is 6.92 Å². The van der Waals surface area contributed by atoms with E-state index in [1.807, 2.05) is 7.05 Å². The molecule has 1 aliphatic heterocycles. The highest BCUT2D eigenvalue weighted by Gasteiger charge is 2.32. The Hall–Kier alpha value is -0.870. The van der Waals surface area contributed by atoms with Gasteiger partial charge in [0.05, 0.1) is 5.56 Å². The predicted molar refractivity (Wildman–Crippen MR) is 83.5 cm³/mol. The van der Waals surface area contributed by atoms with Gasteiger partial charge < -0.3 is 10.2 Å². The van der Waals surface area contributed by atoms with Crippen molar-refractivity contribution in [2.45, 2.75) is 45.1 Å². The van der Waals surface area contributed by atoms with E-state index in [1.54, 1.807) is 11.3 Å². The third-order valence-corrected chi connectivity index (χ3v) is 5.76. The second-order valence-electron chi connectivity index (χ2n) is 6.25. The van der Waals surface area contributed by atoms with E-state index in [-0.39, 0.29) is 5.91 Å². The number of fused-ring (bicyclic) bond motifs is 1. The van der Waals surface area contributed by atoms with Crippen LogP contribution in [0.15, 0.2) is 5.38 Å². The summed E-state index contributed by atoms with van der Waals surface area (Å²) < 4.78 is 0. The zero-order chi connectivity index (χ0) is 14.1. The van der Waals surface area contributed by atoms with E-state index in [1.165, 1.54) is 16.9 Å². The normalized spacial score (nSPS) is 25.8. The van der Waals surface area contributed by atoms with Crippen molar-refractivity contribution < 1.29 is 4.79 Å². The van der Waals surface area contributed by atoms with Crippen LogP contribution >= 0.6 is 11.3 Å². The molecule has 3 nitrogen and oxygen atoms in total. The second-order valence-corrected chi connectivity index (χ2v) is 7.22. The SMILES string of the molecule is CNCC1CCCN1C(=O)c1csc2c1CCC(C)C2. The lowest BCUT2D eigenvalue weighted by atomic mass is 9.88. The number of carbonyl (C=O) groups excluding carboxylic acids is 1. The first-order valence-electron chi connectivity index (χ1n) is 7.75. The molecule has 0 saturated carbocycles. The smallest absolute Gasteiger partial charge is 0.255 e. The van der Waals surface area contributed by atoms with Crippen molar-refractivity contribution in [2.24, 2.45) is 5.92 Å². The van der Waals surface area contributed by atoms with Crippen LogP contribution in [0.5, 0.6) is 0 Å². The monoisotopic (exact) mass is 292 g/mol. The van der Waals surface area contributed by atoms with Gasteiger partial charge >= 0.3 is 0 Å². The van der Waals surface area contributed by atoms with Crippen LogP contribution in [-0.2, 0) is 12.8 Å². The van der Waals surface area contributed by atoms with Gasteiger partial charge in [0.2, 0.25) is 0 Å². The molecule has 1 aromatic rings. The van der Waals surface area contributed by atoms with Crippen molar-refractivity contribution in [1.82, 2.24) is 10.2 Å². The lowest BCUT2D eigenvalue weighted by Crippen LogP contribution is -2.41. The highest BCUT2D eigenvalue weighted by Crippen LogP contribution is 2.34. The molecule has 4 heteroatoms. The van der Waals surface area contributed by atoms with E-state index in [0.29, 0.717) is 6.04 Å². The molecule has 2 heterocycles. The Morgan fingerprint density at radius 2 is 2.35 bits per heavy atom. The van der Waals surface area contributed by atoms with Crippen molar-refractivity contribution in [1.29, 1.82) is 0 Å². The number of likely N-dealkylation sites (tertiary alicyclic amines) is 1. The van der Waals surface area contributed by atoms with Gasteiger partial charge in [-0.3, -0.25) is 4.79 Å². The van der Waals surface area contributed by atoms with Gasteiger partial charge in [0.25, 0.3) is 5.91 Å². The fourth-order valence-corrected chi connectivity index (χ4v) is 4.80. The summed E-state index contributed by atoms with van der Waals surface area (Å²) in [6.45, 7) is 4.15. The minimum atomic E-state index is 0.273. The number of amides is 1. The Kier molecular flexibility index (Phi) is 4.13. The second kappa shape index (κ2) is 5.86. The third-order valence-electron chi connectivity index (χ3n) is 4.71. The van der Waals surface area contributed by atoms with Gasteiger partial charge in [0.1, 0.15) is 0 Å². The van der Waals surface area contributed by atoms with E-state index in [0.717, 1.165) is 50.3 Å². The molecule has 20 heavy (non-hydrogen) atoms. The van der Waals surface area contributed by atoms with E-state index in [4.69, 9.17) is 0 Å². The summed E-state index contributed by atoms with van der Waals surface area (Å²) in [4.78, 5) is 16.4. The Morgan fingerprint density at radius 3 is 3.15 bits per heavy atom. The van der Waals surface area contributed by atoms with E-state index < -0.39 is 0 Å². The first kappa shape index (κ1) is 14.1. The zero-order valence-electron chi connectivity index (χ0n) is 12.4. The summed E-state index contributed by atoms with van der Waals surface area (Å²) in [5, 5.41) is 5.33. The van der Waals surface area contributed by atoms with Crippen molar-refractivity contribution in [3.63, 3.8) is 0 Å². The highest BCUT2D eigenvalue weighted by molar-refractivity contribution is 7.10. The largest absolute Gasteiger partial charge is 0.334 e. The van der Waals surface area contributed by atoms with Crippen molar-refractivity contribution in [3.05, 3.63) is 21.4 Å². The molecule has 0 bridgehead atoms. The molecule has 1 aliphatic carbocycles. The molecule has 3 rings (SSSR count). The number of hydrogen-bond acceptors (Lipinski definition) is 3. The molecule has 2 atom stereocenters. The number of nitrogens with zero attached hydrogens (tertiary/aromatic N) is 1. The van der Waals surface area contributed by atoms with Gasteiger partial charge in [-0.25, -0.2) is 0 Å². The number of hydrogen-bond donors (Lipinski definition) is 1. The molecule has 110 valence electrons. The van der Waals surface area contributed by atoms with Crippen LogP contribution in [0.4, 0.5) is 0 Å². The number of rotatable bonds is 3. The van der Waals surface area contributed by atoms with Crippen LogP contribution in [0.3, 0.4) is 0 Å². The molecule has 0 aromatic carbocycles. The zero-order valence-corrected chi connectivity index (χ0v) is 13.3. The maximum absolute atomic E-state index is 12.9. The van der Waals surface area contributed by atoms with Gasteiger partial charge in [0.15, 0.2) is 0 Å². The quantitative estimate of drug-likeness (QED) is 0.929. The van der Waals surface area contributed by atoms with Gasteiger partial charge in [-0.15, -0.1) is 11.3 Å². The minimum Gasteiger partial charge on any atom is -0.334 e. The van der Waals surface area contributed by atoms with Crippen molar-refractivity contribution >= 4 is 17.2 Å². The molecular formula is C16H24N2OS. The van der Waals surface area contributed by atoms with Crippen LogP contribution in [0.2, 0.25) is 0 Å². The number of thiophene rings is 1. The summed E-state index contributed by atoms with van der Waals surface area (Å²) in [6, 6.07) is 0.380. The van der Waals surface area contributed by atoms with Crippen LogP contribution in [0, 0.1) is 5.92 Å². The standard InChI is InChI=1S/C16H24N2OS/c1-11-5-6-13-14(10-20-15(13)8-11)16(19)18-7-3-4-12(18)9-17-2/h10-12,17H,3-9H2,1-2H3. The number of nitrogens with one attached hydrogen (secondary N) is 1. The Bertz CT molecular complexity index is 497. The fraction of sp³-hybridized carbons (Fsp3) is 0.688. The lowest BCUT2D eigenvalue weighted by molar-refractivity contribution is 0.0736. The van der Waals surface area contributed by atoms with Gasteiger partial charge in [-0.2, -0.15) is 0 Å². The van der Waals surface area contributed by atoms with Crippen molar-refractivity contribution in [2.75, 3.05) is 20.1 Å². The Morgan fingerprint density at radius 1 is 1.50 bits per heavy atom. The molecule has 1 amide bonds. The topological polar surface area (TPSA) is 32.3 Å². The van der Waals surface area contributed by atoms with Crippen LogP contribution in [-0.4, -0.2) is 37.0 Å². The van der Waals surface area contributed by atoms with Crippen LogP contribution in [0.1, 0.15) is 47.0 Å². The molecule has 1 fully saturated rings. The summed E-state index contributed by atoms with van der Waals surface area (Å²) in [5.41, 5.74) is 2.35. The third kappa shape index (κ3) is 2.51. The molecule has 2 aliphatic rings. The average molecular weight is 292 g/mol. The first-order valence-corrected chi connectivity index (χ1v) is 8.63. The van der Waals surface area contributed by atoms with E-state index >= 15 is 0 Å². The first-order chi connectivity index (χ1) is 9.70. The molecule has 1 aromatic heterocycles. The molecule has 1 N–H and O–H groups in total. The number of likely N-dealkylation sites (N-methyl/N-ethyl adjacent to an activating group) is 1. The Balaban J connectivity index is 1.81. The van der Waals surface area contributed by atoms with Crippen molar-refractivity contribution in [3.8, 4) is 0 Å². The van der Waals surface area contributed by atoms with Crippen LogP contribution in [0.25, 0.3) is 0 Å². The summed E-state index contributed by atoms with van der Waals surface area (Å²) in [5.74, 6) is 1.04. The summed E-state index contributed by atoms with van der Waals surface area (Å²) in [6.07, 6.45) is 5.75. The van der Waals surface area contributed by atoms with Gasteiger partial charge in [0, 0.05) is 29.4 Å². The molecule has 1 saturated heterocycles. The maximum atomic E-state index is 12.9. The maximum Gasteiger partial charge on any atom is 0.255 e. The molecular weight excluding hydrogens is 268 g/mol. The molecule has 0 spiro atoms. The van der Waals surface area contributed by atoms with E-state index in [2.05, 4.69) is 22.5 Å². The summed E-state index contributed by atoms with van der Waals surface area (Å²) in [7, 11) is 1.97. The summed E-state index contributed by atoms with van der Waals surface area (Å²) >= 11 is 1.79. The average Bonchev–Trinajstić information content (AvgIpc) is 3.04. The highest BCUT2D eigenvalue weighted by atomic mass is 32.1. The van der Waals surface area contributed by atoms with Crippen LogP contribution < -0.4 is 5.32 Å². The Labute approximate surface area is 125 Å². The predicted octanol–water partition coefficient (Wildman–Crippen LogP) is 2.70. The fourth-order valence-electron chi connectivity index (χ4n) is 3.56. The minimum absolute atomic E-state index is 0.273. The number of carbonyl (C=O) groups is 1. The lowest BCUT2D eigenvalue weighted by Gasteiger charge is -2.26. The molecule has 0 radical (unpaired) electrons.